The van der Waals surface area contributed by atoms with E-state index in [1.165, 1.54) is 0 Å². The van der Waals surface area contributed by atoms with Gasteiger partial charge in [0.25, 0.3) is 0 Å². The Morgan fingerprint density at radius 1 is 1.19 bits per heavy atom. The highest BCUT2D eigenvalue weighted by Gasteiger charge is 2.43. The van der Waals surface area contributed by atoms with Gasteiger partial charge in [0.05, 0.1) is 24.7 Å². The first-order valence-corrected chi connectivity index (χ1v) is 7.63. The van der Waals surface area contributed by atoms with E-state index in [2.05, 4.69) is 6.92 Å². The fourth-order valence-electron chi connectivity index (χ4n) is 3.09. The Morgan fingerprint density at radius 2 is 1.86 bits per heavy atom. The Bertz CT molecular complexity index is 462. The van der Waals surface area contributed by atoms with Crippen molar-refractivity contribution in [2.75, 3.05) is 13.2 Å². The number of benzene rings is 1. The molecule has 21 heavy (non-hydrogen) atoms. The Labute approximate surface area is 126 Å². The molecule has 0 aromatic heterocycles. The van der Waals surface area contributed by atoms with Gasteiger partial charge in [-0.2, -0.15) is 0 Å². The van der Waals surface area contributed by atoms with Crippen molar-refractivity contribution in [3.05, 3.63) is 35.9 Å². The highest BCUT2D eigenvalue weighted by Crippen LogP contribution is 2.33. The zero-order valence-corrected chi connectivity index (χ0v) is 13.0. The molecule has 1 fully saturated rings. The Hall–Kier alpha value is -1.39. The molecule has 0 aliphatic carbocycles. The van der Waals surface area contributed by atoms with Crippen LogP contribution < -0.4 is 0 Å². The van der Waals surface area contributed by atoms with Crippen molar-refractivity contribution in [1.29, 1.82) is 0 Å². The van der Waals surface area contributed by atoms with Crippen molar-refractivity contribution in [1.82, 2.24) is 4.90 Å². The maximum Gasteiger partial charge on any atom is 0.229 e. The molecule has 0 saturated carbocycles. The number of amides is 1. The third kappa shape index (κ3) is 3.63. The molecule has 4 heteroatoms. The van der Waals surface area contributed by atoms with Gasteiger partial charge in [-0.15, -0.1) is 0 Å². The van der Waals surface area contributed by atoms with Crippen LogP contribution in [-0.4, -0.2) is 41.3 Å². The predicted octanol–water partition coefficient (Wildman–Crippen LogP) is 2.07. The van der Waals surface area contributed by atoms with Crippen LogP contribution in [0.1, 0.15) is 26.3 Å². The van der Waals surface area contributed by atoms with Gasteiger partial charge in [0, 0.05) is 13.1 Å². The number of carbonyl (C=O) groups excluding carboxylic acids is 1. The second kappa shape index (κ2) is 7.05. The number of aliphatic hydroxyl groups is 1. The lowest BCUT2D eigenvalue weighted by Crippen LogP contribution is -2.41. The van der Waals surface area contributed by atoms with Crippen LogP contribution in [0.2, 0.25) is 0 Å². The van der Waals surface area contributed by atoms with Crippen LogP contribution in [-0.2, 0) is 16.1 Å². The minimum atomic E-state index is -0.129. The fraction of sp³-hybridized carbons (Fsp3) is 0.588. The lowest BCUT2D eigenvalue weighted by Gasteiger charge is -2.28. The highest BCUT2D eigenvalue weighted by atomic mass is 16.5. The van der Waals surface area contributed by atoms with E-state index in [9.17, 15) is 9.90 Å². The van der Waals surface area contributed by atoms with Crippen LogP contribution in [0.4, 0.5) is 0 Å². The standard InChI is InChI=1S/C17H25NO3/c1-12-13(2)21-14(3)16(12)17(20)18(9-10-19)11-15-7-5-4-6-8-15/h4-8,12-14,16,19H,9-11H2,1-3H3. The number of carbonyl (C=O) groups is 1. The van der Waals surface area contributed by atoms with E-state index in [0.717, 1.165) is 5.56 Å². The van der Waals surface area contributed by atoms with Gasteiger partial charge in [-0.3, -0.25) is 4.79 Å². The van der Waals surface area contributed by atoms with E-state index in [4.69, 9.17) is 4.74 Å². The molecule has 4 nitrogen and oxygen atoms in total. The summed E-state index contributed by atoms with van der Waals surface area (Å²) in [5.74, 6) is 0.150. The fourth-order valence-corrected chi connectivity index (χ4v) is 3.09. The number of aliphatic hydroxyl groups excluding tert-OH is 1. The molecule has 1 heterocycles. The lowest BCUT2D eigenvalue weighted by molar-refractivity contribution is -0.139. The van der Waals surface area contributed by atoms with Crippen molar-refractivity contribution in [3.8, 4) is 0 Å². The molecular formula is C17H25NO3. The van der Waals surface area contributed by atoms with Crippen LogP contribution in [0.3, 0.4) is 0 Å². The highest BCUT2D eigenvalue weighted by molar-refractivity contribution is 5.80. The molecule has 1 aromatic carbocycles. The minimum absolute atomic E-state index is 0.0233. The van der Waals surface area contributed by atoms with Crippen molar-refractivity contribution in [2.45, 2.75) is 39.5 Å². The summed E-state index contributed by atoms with van der Waals surface area (Å²) < 4.78 is 5.78. The van der Waals surface area contributed by atoms with Crippen molar-refractivity contribution < 1.29 is 14.6 Å². The summed E-state index contributed by atoms with van der Waals surface area (Å²) >= 11 is 0. The first kappa shape index (κ1) is 16.0. The maximum atomic E-state index is 12.8. The van der Waals surface area contributed by atoms with E-state index in [0.29, 0.717) is 13.1 Å². The number of ether oxygens (including phenoxy) is 1. The zero-order valence-electron chi connectivity index (χ0n) is 13.0. The molecule has 4 atom stereocenters. The van der Waals surface area contributed by atoms with E-state index in [1.54, 1.807) is 4.90 Å². The monoisotopic (exact) mass is 291 g/mol. The van der Waals surface area contributed by atoms with Crippen LogP contribution in [0, 0.1) is 11.8 Å². The molecule has 1 amide bonds. The Kier molecular flexibility index (Phi) is 5.37. The van der Waals surface area contributed by atoms with E-state index < -0.39 is 0 Å². The molecule has 4 unspecified atom stereocenters. The topological polar surface area (TPSA) is 49.8 Å². The van der Waals surface area contributed by atoms with Gasteiger partial charge in [0.2, 0.25) is 5.91 Å². The second-order valence-corrected chi connectivity index (χ2v) is 5.90. The van der Waals surface area contributed by atoms with E-state index in [1.807, 2.05) is 44.2 Å². The molecule has 1 aliphatic rings. The molecule has 0 bridgehead atoms. The van der Waals surface area contributed by atoms with E-state index >= 15 is 0 Å². The van der Waals surface area contributed by atoms with Gasteiger partial charge in [-0.05, 0) is 25.3 Å². The number of hydrogen-bond donors (Lipinski definition) is 1. The first-order chi connectivity index (χ1) is 10.0. The predicted molar refractivity (Wildman–Crippen MR) is 81.6 cm³/mol. The first-order valence-electron chi connectivity index (χ1n) is 7.63. The molecule has 0 radical (unpaired) electrons. The van der Waals surface area contributed by atoms with E-state index in [-0.39, 0.29) is 36.6 Å². The van der Waals surface area contributed by atoms with Crippen LogP contribution in [0.15, 0.2) is 30.3 Å². The average Bonchev–Trinajstić information content (AvgIpc) is 2.72. The maximum absolute atomic E-state index is 12.8. The molecule has 116 valence electrons. The van der Waals surface area contributed by atoms with Gasteiger partial charge in [-0.25, -0.2) is 0 Å². The number of hydrogen-bond acceptors (Lipinski definition) is 3. The van der Waals surface area contributed by atoms with Crippen LogP contribution in [0.25, 0.3) is 0 Å². The lowest BCUT2D eigenvalue weighted by atomic mass is 9.88. The summed E-state index contributed by atoms with van der Waals surface area (Å²) in [7, 11) is 0. The Morgan fingerprint density at radius 3 is 2.38 bits per heavy atom. The largest absolute Gasteiger partial charge is 0.395 e. The molecule has 1 aliphatic heterocycles. The summed E-state index contributed by atoms with van der Waals surface area (Å²) in [6, 6.07) is 9.88. The third-order valence-electron chi connectivity index (χ3n) is 4.42. The quantitative estimate of drug-likeness (QED) is 0.903. The molecular weight excluding hydrogens is 266 g/mol. The second-order valence-electron chi connectivity index (χ2n) is 5.90. The van der Waals surface area contributed by atoms with Crippen molar-refractivity contribution in [2.24, 2.45) is 11.8 Å². The number of nitrogens with zero attached hydrogens (tertiary/aromatic N) is 1. The molecule has 0 spiro atoms. The van der Waals surface area contributed by atoms with Gasteiger partial charge in [-0.1, -0.05) is 37.3 Å². The van der Waals surface area contributed by atoms with Crippen LogP contribution >= 0.6 is 0 Å². The molecule has 2 rings (SSSR count). The molecule has 1 N–H and O–H groups in total. The summed E-state index contributed by atoms with van der Waals surface area (Å²) in [5.41, 5.74) is 1.08. The summed E-state index contributed by atoms with van der Waals surface area (Å²) in [6.07, 6.45) is 0.0288. The molecule has 1 saturated heterocycles. The summed E-state index contributed by atoms with van der Waals surface area (Å²) in [4.78, 5) is 14.6. The smallest absolute Gasteiger partial charge is 0.229 e. The van der Waals surface area contributed by atoms with Gasteiger partial charge >= 0.3 is 0 Å². The SMILES string of the molecule is CC1OC(C)C(C(=O)N(CCO)Cc2ccccc2)C1C. The summed E-state index contributed by atoms with van der Waals surface area (Å²) in [5, 5.41) is 9.27. The van der Waals surface area contributed by atoms with Crippen LogP contribution in [0.5, 0.6) is 0 Å². The van der Waals surface area contributed by atoms with Crippen molar-refractivity contribution >= 4 is 5.91 Å². The summed E-state index contributed by atoms with van der Waals surface area (Å²) in [6.45, 7) is 6.91. The average molecular weight is 291 g/mol. The third-order valence-corrected chi connectivity index (χ3v) is 4.42. The molecule has 1 aromatic rings. The number of rotatable bonds is 5. The zero-order chi connectivity index (χ0) is 15.4. The minimum Gasteiger partial charge on any atom is -0.395 e. The van der Waals surface area contributed by atoms with Gasteiger partial charge < -0.3 is 14.7 Å². The normalized spacial score (nSPS) is 28.6. The van der Waals surface area contributed by atoms with Gasteiger partial charge in [0.15, 0.2) is 0 Å². The van der Waals surface area contributed by atoms with Gasteiger partial charge in [0.1, 0.15) is 0 Å². The van der Waals surface area contributed by atoms with Crippen molar-refractivity contribution in [3.63, 3.8) is 0 Å². The Balaban J connectivity index is 2.12.